The van der Waals surface area contributed by atoms with Crippen molar-refractivity contribution in [3.05, 3.63) is 18.2 Å². The van der Waals surface area contributed by atoms with Gasteiger partial charge in [0.1, 0.15) is 11.4 Å². The Morgan fingerprint density at radius 3 is 2.74 bits per heavy atom. The first-order chi connectivity index (χ1) is 8.89. The van der Waals surface area contributed by atoms with Crippen LogP contribution in [0.15, 0.2) is 12.4 Å². The number of nitrogens with one attached hydrogen (secondary N) is 2. The van der Waals surface area contributed by atoms with Gasteiger partial charge in [-0.2, -0.15) is 0 Å². The van der Waals surface area contributed by atoms with Crippen LogP contribution in [-0.4, -0.2) is 44.6 Å². The molecule has 1 heterocycles. The number of aromatic nitrogens is 2. The number of hydrogen-bond acceptors (Lipinski definition) is 3. The summed E-state index contributed by atoms with van der Waals surface area (Å²) in [6.45, 7) is 3.68. The summed E-state index contributed by atoms with van der Waals surface area (Å²) in [6.07, 6.45) is 4.31. The van der Waals surface area contributed by atoms with Crippen molar-refractivity contribution in [1.82, 2.24) is 20.2 Å². The monoisotopic (exact) mass is 268 g/mol. The molecule has 0 spiro atoms. The summed E-state index contributed by atoms with van der Waals surface area (Å²) in [7, 11) is 1.59. The summed E-state index contributed by atoms with van der Waals surface area (Å²) in [6, 6.07) is -0.435. The lowest BCUT2D eigenvalue weighted by atomic mass is 9.96. The maximum atomic E-state index is 12.0. The van der Waals surface area contributed by atoms with Crippen LogP contribution < -0.4 is 5.32 Å². The molecule has 7 nitrogen and oxygen atoms in total. The average Bonchev–Trinajstić information content (AvgIpc) is 2.81. The lowest BCUT2D eigenvalue weighted by molar-refractivity contribution is -0.144. The molecule has 0 aliphatic rings. The number of hydrogen-bond donors (Lipinski definition) is 3. The lowest BCUT2D eigenvalue weighted by Crippen LogP contribution is -2.55. The van der Waals surface area contributed by atoms with Gasteiger partial charge in [0.05, 0.1) is 6.54 Å². The number of H-pyrrole nitrogens is 1. The van der Waals surface area contributed by atoms with E-state index in [4.69, 9.17) is 0 Å². The van der Waals surface area contributed by atoms with Gasteiger partial charge in [-0.15, -0.1) is 0 Å². The van der Waals surface area contributed by atoms with Crippen molar-refractivity contribution in [2.75, 3.05) is 7.05 Å². The molecule has 2 amide bonds. The molecule has 1 aromatic rings. The first-order valence-electron chi connectivity index (χ1n) is 6.14. The predicted molar refractivity (Wildman–Crippen MR) is 69.5 cm³/mol. The van der Waals surface area contributed by atoms with Crippen molar-refractivity contribution in [2.45, 2.75) is 38.8 Å². The van der Waals surface area contributed by atoms with E-state index in [1.54, 1.807) is 19.4 Å². The third kappa shape index (κ3) is 3.97. The molecule has 7 heteroatoms. The molecule has 0 radical (unpaired) electrons. The van der Waals surface area contributed by atoms with Gasteiger partial charge < -0.3 is 20.3 Å². The molecule has 0 bridgehead atoms. The van der Waals surface area contributed by atoms with E-state index in [1.165, 1.54) is 11.8 Å². The Balaban J connectivity index is 2.64. The molecular formula is C12H20N4O3. The Kier molecular flexibility index (Phi) is 4.91. The van der Waals surface area contributed by atoms with Crippen molar-refractivity contribution in [3.8, 4) is 0 Å². The van der Waals surface area contributed by atoms with Gasteiger partial charge in [-0.25, -0.2) is 14.6 Å². The number of carbonyl (C=O) groups excluding carboxylic acids is 1. The summed E-state index contributed by atoms with van der Waals surface area (Å²) in [5.41, 5.74) is -1.25. The van der Waals surface area contributed by atoms with E-state index in [-0.39, 0.29) is 0 Å². The molecule has 0 fully saturated rings. The third-order valence-electron chi connectivity index (χ3n) is 2.89. The van der Waals surface area contributed by atoms with Crippen LogP contribution in [0.4, 0.5) is 4.79 Å². The largest absolute Gasteiger partial charge is 0.480 e. The molecule has 0 aromatic carbocycles. The second kappa shape index (κ2) is 6.21. The molecule has 0 saturated heterocycles. The average molecular weight is 268 g/mol. The zero-order valence-electron chi connectivity index (χ0n) is 11.4. The second-order valence-electron chi connectivity index (χ2n) is 4.71. The van der Waals surface area contributed by atoms with Crippen molar-refractivity contribution in [2.24, 2.45) is 0 Å². The molecule has 1 unspecified atom stereocenters. The molecule has 0 saturated carbocycles. The Morgan fingerprint density at radius 2 is 2.26 bits per heavy atom. The zero-order chi connectivity index (χ0) is 14.5. The summed E-state index contributed by atoms with van der Waals surface area (Å²) in [4.78, 5) is 31.5. The zero-order valence-corrected chi connectivity index (χ0v) is 11.4. The number of nitrogens with zero attached hydrogens (tertiary/aromatic N) is 2. The minimum atomic E-state index is -1.25. The standard InChI is InChI=1S/C12H20N4O3/c1-4-5-12(2,10(17)18)15-11(19)16(3)8-9-13-6-7-14-9/h6-7H,4-5,8H2,1-3H3,(H,13,14)(H,15,19)(H,17,18). The Morgan fingerprint density at radius 1 is 1.58 bits per heavy atom. The molecule has 1 aromatic heterocycles. The van der Waals surface area contributed by atoms with E-state index in [1.807, 2.05) is 6.92 Å². The molecule has 3 N–H and O–H groups in total. The molecule has 0 aliphatic heterocycles. The molecular weight excluding hydrogens is 248 g/mol. The highest BCUT2D eigenvalue weighted by molar-refractivity contribution is 5.85. The molecule has 0 aliphatic carbocycles. The third-order valence-corrected chi connectivity index (χ3v) is 2.89. The summed E-state index contributed by atoms with van der Waals surface area (Å²) in [5, 5.41) is 11.8. The molecule has 1 atom stereocenters. The number of carboxylic acid groups (broad SMARTS) is 1. The molecule has 1 rings (SSSR count). The van der Waals surface area contributed by atoms with Crippen molar-refractivity contribution in [3.63, 3.8) is 0 Å². The van der Waals surface area contributed by atoms with Crippen LogP contribution in [0.25, 0.3) is 0 Å². The fraction of sp³-hybridized carbons (Fsp3) is 0.583. The fourth-order valence-corrected chi connectivity index (χ4v) is 1.74. The van der Waals surface area contributed by atoms with Gasteiger partial charge in [0, 0.05) is 19.4 Å². The quantitative estimate of drug-likeness (QED) is 0.721. The van der Waals surface area contributed by atoms with Gasteiger partial charge in [0.2, 0.25) is 0 Å². The number of aliphatic carboxylic acids is 1. The SMILES string of the molecule is CCCC(C)(NC(=O)N(C)Cc1ncc[nH]1)C(=O)O. The molecule has 19 heavy (non-hydrogen) atoms. The van der Waals surface area contributed by atoms with Gasteiger partial charge in [0.25, 0.3) is 0 Å². The van der Waals surface area contributed by atoms with Crippen LogP contribution in [0, 0.1) is 0 Å². The minimum absolute atomic E-state index is 0.292. The topological polar surface area (TPSA) is 98.3 Å². The van der Waals surface area contributed by atoms with E-state index in [2.05, 4.69) is 15.3 Å². The summed E-state index contributed by atoms with van der Waals surface area (Å²) >= 11 is 0. The number of carbonyl (C=O) groups is 2. The number of aromatic amines is 1. The predicted octanol–water partition coefficient (Wildman–Crippen LogP) is 1.19. The number of carboxylic acids is 1. The maximum Gasteiger partial charge on any atom is 0.329 e. The minimum Gasteiger partial charge on any atom is -0.480 e. The van der Waals surface area contributed by atoms with Gasteiger partial charge in [0.15, 0.2) is 0 Å². The lowest BCUT2D eigenvalue weighted by Gasteiger charge is -2.28. The summed E-state index contributed by atoms with van der Waals surface area (Å²) in [5.74, 6) is -0.390. The van der Waals surface area contributed by atoms with Crippen LogP contribution in [0.1, 0.15) is 32.5 Å². The highest BCUT2D eigenvalue weighted by atomic mass is 16.4. The Labute approximate surface area is 112 Å². The van der Waals surface area contributed by atoms with Crippen LogP contribution in [-0.2, 0) is 11.3 Å². The van der Waals surface area contributed by atoms with Crippen LogP contribution in [0.5, 0.6) is 0 Å². The number of imidazole rings is 1. The van der Waals surface area contributed by atoms with Crippen LogP contribution in [0.2, 0.25) is 0 Å². The van der Waals surface area contributed by atoms with Crippen LogP contribution in [0.3, 0.4) is 0 Å². The Hall–Kier alpha value is -2.05. The highest BCUT2D eigenvalue weighted by Crippen LogP contribution is 2.13. The smallest absolute Gasteiger partial charge is 0.329 e. The van der Waals surface area contributed by atoms with Gasteiger partial charge in [-0.1, -0.05) is 13.3 Å². The van der Waals surface area contributed by atoms with Crippen LogP contribution >= 0.6 is 0 Å². The maximum absolute atomic E-state index is 12.0. The number of amides is 2. The van der Waals surface area contributed by atoms with E-state index < -0.39 is 17.5 Å². The highest BCUT2D eigenvalue weighted by Gasteiger charge is 2.34. The Bertz CT molecular complexity index is 432. The van der Waals surface area contributed by atoms with Crippen molar-refractivity contribution < 1.29 is 14.7 Å². The van der Waals surface area contributed by atoms with E-state index in [0.29, 0.717) is 25.2 Å². The van der Waals surface area contributed by atoms with Gasteiger partial charge >= 0.3 is 12.0 Å². The first kappa shape index (κ1) is 15.0. The van der Waals surface area contributed by atoms with E-state index >= 15 is 0 Å². The van der Waals surface area contributed by atoms with E-state index in [0.717, 1.165) is 0 Å². The normalized spacial score (nSPS) is 13.6. The first-order valence-corrected chi connectivity index (χ1v) is 6.14. The summed E-state index contributed by atoms with van der Waals surface area (Å²) < 4.78 is 0. The number of rotatable bonds is 6. The van der Waals surface area contributed by atoms with E-state index in [9.17, 15) is 14.7 Å². The van der Waals surface area contributed by atoms with Gasteiger partial charge in [-0.3, -0.25) is 0 Å². The second-order valence-corrected chi connectivity index (χ2v) is 4.71. The van der Waals surface area contributed by atoms with Gasteiger partial charge in [-0.05, 0) is 13.3 Å². The molecule has 106 valence electrons. The number of urea groups is 1. The fourth-order valence-electron chi connectivity index (χ4n) is 1.74. The van der Waals surface area contributed by atoms with Crippen molar-refractivity contribution in [1.29, 1.82) is 0 Å². The van der Waals surface area contributed by atoms with Crippen molar-refractivity contribution >= 4 is 12.0 Å².